The highest BCUT2D eigenvalue weighted by Crippen LogP contribution is 2.14. The van der Waals surface area contributed by atoms with Gasteiger partial charge in [0.15, 0.2) is 6.10 Å². The molecule has 0 spiro atoms. The Labute approximate surface area is 382 Å². The van der Waals surface area contributed by atoms with Gasteiger partial charge in [0.05, 0.1) is 0 Å². The minimum absolute atomic E-state index is 0.0905. The number of carbonyl (C=O) groups excluding carboxylic acids is 3. The summed E-state index contributed by atoms with van der Waals surface area (Å²) in [6.45, 7) is 6.47. The molecule has 0 saturated carbocycles. The van der Waals surface area contributed by atoms with Crippen molar-refractivity contribution in [2.24, 2.45) is 0 Å². The molecule has 0 aliphatic heterocycles. The van der Waals surface area contributed by atoms with E-state index in [2.05, 4.69) is 93.7 Å². The first kappa shape index (κ1) is 58.9. The van der Waals surface area contributed by atoms with Gasteiger partial charge in [0, 0.05) is 19.3 Å². The molecule has 0 rings (SSSR count). The molecule has 0 amide bonds. The lowest BCUT2D eigenvalue weighted by Crippen LogP contribution is -2.30. The Hall–Kier alpha value is -3.15. The SMILES string of the molecule is CC/C=C\C/C=C\C/C=C\C/C=C\C/C=C\CCCCCC(=O)OCC(COC(=O)CCCCCCCCCCCCCC)OC(=O)CCCCC/C=C\CCCCCCCC. The van der Waals surface area contributed by atoms with Crippen molar-refractivity contribution in [3.05, 3.63) is 72.9 Å². The number of unbranched alkanes of at least 4 members (excludes halogenated alkanes) is 23. The van der Waals surface area contributed by atoms with Gasteiger partial charge in [0.25, 0.3) is 0 Å². The van der Waals surface area contributed by atoms with Crippen LogP contribution in [0.2, 0.25) is 0 Å². The summed E-state index contributed by atoms with van der Waals surface area (Å²) in [5.74, 6) is -0.938. The van der Waals surface area contributed by atoms with Gasteiger partial charge >= 0.3 is 17.9 Å². The van der Waals surface area contributed by atoms with E-state index in [9.17, 15) is 14.4 Å². The molecule has 356 valence electrons. The molecule has 0 heterocycles. The highest BCUT2D eigenvalue weighted by molar-refractivity contribution is 5.71. The van der Waals surface area contributed by atoms with E-state index in [-0.39, 0.29) is 31.1 Å². The van der Waals surface area contributed by atoms with Gasteiger partial charge in [-0.05, 0) is 89.9 Å². The molecule has 0 N–H and O–H groups in total. The molecule has 0 aromatic heterocycles. The average molecular weight is 865 g/mol. The number of allylic oxidation sites excluding steroid dienone is 12. The van der Waals surface area contributed by atoms with Crippen LogP contribution in [-0.4, -0.2) is 37.2 Å². The van der Waals surface area contributed by atoms with E-state index in [1.165, 1.54) is 96.3 Å². The monoisotopic (exact) mass is 865 g/mol. The lowest BCUT2D eigenvalue weighted by atomic mass is 10.0. The van der Waals surface area contributed by atoms with Crippen LogP contribution in [0.3, 0.4) is 0 Å². The van der Waals surface area contributed by atoms with E-state index in [1.807, 2.05) is 0 Å². The van der Waals surface area contributed by atoms with Gasteiger partial charge in [-0.2, -0.15) is 0 Å². The van der Waals surface area contributed by atoms with Gasteiger partial charge in [-0.1, -0.05) is 209 Å². The van der Waals surface area contributed by atoms with E-state index in [4.69, 9.17) is 14.2 Å². The van der Waals surface area contributed by atoms with Crippen LogP contribution >= 0.6 is 0 Å². The third kappa shape index (κ3) is 47.9. The molecule has 0 aliphatic carbocycles. The molecule has 1 unspecified atom stereocenters. The molecule has 0 radical (unpaired) electrons. The number of rotatable bonds is 46. The van der Waals surface area contributed by atoms with Crippen LogP contribution in [0.15, 0.2) is 72.9 Å². The summed E-state index contributed by atoms with van der Waals surface area (Å²) in [6, 6.07) is 0. The van der Waals surface area contributed by atoms with Gasteiger partial charge in [0.1, 0.15) is 13.2 Å². The van der Waals surface area contributed by atoms with Crippen molar-refractivity contribution in [3.8, 4) is 0 Å². The number of hydrogen-bond donors (Lipinski definition) is 0. The summed E-state index contributed by atoms with van der Waals surface area (Å²) in [6.07, 6.45) is 63.1. The first-order valence-electron chi connectivity index (χ1n) is 25.9. The molecule has 0 bridgehead atoms. The summed E-state index contributed by atoms with van der Waals surface area (Å²) in [5, 5.41) is 0. The smallest absolute Gasteiger partial charge is 0.306 e. The molecule has 0 saturated heterocycles. The van der Waals surface area contributed by atoms with Crippen LogP contribution < -0.4 is 0 Å². The topological polar surface area (TPSA) is 78.9 Å². The summed E-state index contributed by atoms with van der Waals surface area (Å²) in [7, 11) is 0. The maximum Gasteiger partial charge on any atom is 0.306 e. The van der Waals surface area contributed by atoms with Crippen LogP contribution in [-0.2, 0) is 28.6 Å². The Morgan fingerprint density at radius 1 is 0.339 bits per heavy atom. The van der Waals surface area contributed by atoms with Crippen LogP contribution in [0.5, 0.6) is 0 Å². The Kier molecular flexibility index (Phi) is 47.9. The predicted molar refractivity (Wildman–Crippen MR) is 265 cm³/mol. The summed E-state index contributed by atoms with van der Waals surface area (Å²) in [4.78, 5) is 37.9. The lowest BCUT2D eigenvalue weighted by molar-refractivity contribution is -0.167. The lowest BCUT2D eigenvalue weighted by Gasteiger charge is -2.18. The number of carbonyl (C=O) groups is 3. The second-order valence-corrected chi connectivity index (χ2v) is 17.1. The van der Waals surface area contributed by atoms with Gasteiger partial charge in [-0.3, -0.25) is 14.4 Å². The van der Waals surface area contributed by atoms with Crippen molar-refractivity contribution in [2.45, 2.75) is 252 Å². The highest BCUT2D eigenvalue weighted by atomic mass is 16.6. The number of esters is 3. The van der Waals surface area contributed by atoms with E-state index >= 15 is 0 Å². The van der Waals surface area contributed by atoms with E-state index in [0.717, 1.165) is 109 Å². The first-order chi connectivity index (χ1) is 30.5. The molecule has 6 nitrogen and oxygen atoms in total. The maximum atomic E-state index is 12.8. The molecule has 6 heteroatoms. The minimum Gasteiger partial charge on any atom is -0.462 e. The number of ether oxygens (including phenoxy) is 3. The molecule has 0 aromatic rings. The molecule has 0 fully saturated rings. The zero-order chi connectivity index (χ0) is 45.1. The third-order valence-corrected chi connectivity index (χ3v) is 10.9. The van der Waals surface area contributed by atoms with Gasteiger partial charge < -0.3 is 14.2 Å². The summed E-state index contributed by atoms with van der Waals surface area (Å²) in [5.41, 5.74) is 0. The Balaban J connectivity index is 4.44. The fourth-order valence-electron chi connectivity index (χ4n) is 7.05. The van der Waals surface area contributed by atoms with Crippen LogP contribution in [0, 0.1) is 0 Å². The first-order valence-corrected chi connectivity index (χ1v) is 25.9. The summed E-state index contributed by atoms with van der Waals surface area (Å²) < 4.78 is 16.8. The largest absolute Gasteiger partial charge is 0.462 e. The van der Waals surface area contributed by atoms with Crippen molar-refractivity contribution in [2.75, 3.05) is 13.2 Å². The quantitative estimate of drug-likeness (QED) is 0.0262. The molecule has 62 heavy (non-hydrogen) atoms. The van der Waals surface area contributed by atoms with E-state index < -0.39 is 6.10 Å². The summed E-state index contributed by atoms with van der Waals surface area (Å²) >= 11 is 0. The Morgan fingerprint density at radius 2 is 0.629 bits per heavy atom. The minimum atomic E-state index is -0.794. The fourth-order valence-corrected chi connectivity index (χ4v) is 7.05. The van der Waals surface area contributed by atoms with Crippen LogP contribution in [0.4, 0.5) is 0 Å². The zero-order valence-corrected chi connectivity index (χ0v) is 40.6. The molecular formula is C56H96O6. The fraction of sp³-hybridized carbons (Fsp3) is 0.732. The second kappa shape index (κ2) is 50.5. The van der Waals surface area contributed by atoms with Crippen molar-refractivity contribution >= 4 is 17.9 Å². The average Bonchev–Trinajstić information content (AvgIpc) is 3.27. The molecule has 1 atom stereocenters. The van der Waals surface area contributed by atoms with Gasteiger partial charge in [-0.25, -0.2) is 0 Å². The van der Waals surface area contributed by atoms with Gasteiger partial charge in [-0.15, -0.1) is 0 Å². The second-order valence-electron chi connectivity index (χ2n) is 17.1. The van der Waals surface area contributed by atoms with Crippen LogP contribution in [0.25, 0.3) is 0 Å². The normalized spacial score (nSPS) is 12.6. The van der Waals surface area contributed by atoms with Crippen molar-refractivity contribution in [1.29, 1.82) is 0 Å². The zero-order valence-electron chi connectivity index (χ0n) is 40.6. The van der Waals surface area contributed by atoms with E-state index in [1.54, 1.807) is 0 Å². The number of hydrogen-bond acceptors (Lipinski definition) is 6. The molecule has 0 aliphatic rings. The standard InChI is InChI=1S/C56H96O6/c1-4-7-10-13-16-19-22-25-26-27-28-29-30-32-34-37-40-43-46-49-55(58)61-52-53(51-60-54(57)48-45-42-39-36-33-24-21-18-15-12-9-6-3)62-56(59)50-47-44-41-38-35-31-23-20-17-14-11-8-5-2/h7,10,16,19,25-26,28-29,31-32,34-35,53H,4-6,8-9,11-15,17-18,20-24,27,30,33,36-52H2,1-3H3/b10-7-,19-16-,26-25-,29-28-,34-32-,35-31-. The predicted octanol–water partition coefficient (Wildman–Crippen LogP) is 17.0. The Bertz CT molecular complexity index is 1180. The van der Waals surface area contributed by atoms with Crippen molar-refractivity contribution in [1.82, 2.24) is 0 Å². The maximum absolute atomic E-state index is 12.8. The Morgan fingerprint density at radius 3 is 1.02 bits per heavy atom. The van der Waals surface area contributed by atoms with Gasteiger partial charge in [0.2, 0.25) is 0 Å². The van der Waals surface area contributed by atoms with Crippen LogP contribution in [0.1, 0.15) is 245 Å². The van der Waals surface area contributed by atoms with E-state index in [0.29, 0.717) is 19.3 Å². The third-order valence-electron chi connectivity index (χ3n) is 10.9. The molecule has 0 aromatic carbocycles. The van der Waals surface area contributed by atoms with Crippen molar-refractivity contribution in [3.63, 3.8) is 0 Å². The highest BCUT2D eigenvalue weighted by Gasteiger charge is 2.19. The van der Waals surface area contributed by atoms with Crippen molar-refractivity contribution < 1.29 is 28.6 Å². The molecular weight excluding hydrogens is 769 g/mol.